The Balaban J connectivity index is 2.31. The molecule has 1 aromatic carbocycles. The van der Waals surface area contributed by atoms with Crippen LogP contribution in [0.3, 0.4) is 0 Å². The van der Waals surface area contributed by atoms with Crippen LogP contribution in [0.2, 0.25) is 0 Å². The molecule has 0 aliphatic carbocycles. The fourth-order valence-corrected chi connectivity index (χ4v) is 2.00. The first-order valence-electron chi connectivity index (χ1n) is 6.54. The molecule has 1 heterocycles. The number of ether oxygens (including phenoxy) is 1. The zero-order valence-electron chi connectivity index (χ0n) is 11.7. The van der Waals surface area contributed by atoms with E-state index in [1.54, 1.807) is 7.11 Å². The lowest BCUT2D eigenvalue weighted by Crippen LogP contribution is -2.14. The van der Waals surface area contributed by atoms with Crippen LogP contribution in [0.1, 0.15) is 24.6 Å². The fraction of sp³-hybridized carbons (Fsp3) is 0.400. The van der Waals surface area contributed by atoms with Crippen molar-refractivity contribution in [1.82, 2.24) is 10.3 Å². The summed E-state index contributed by atoms with van der Waals surface area (Å²) in [6, 6.07) is 6.03. The number of rotatable bonds is 6. The Kier molecular flexibility index (Phi) is 4.58. The zero-order valence-corrected chi connectivity index (χ0v) is 11.7. The summed E-state index contributed by atoms with van der Waals surface area (Å²) in [6.45, 7) is 5.86. The van der Waals surface area contributed by atoms with Crippen molar-refractivity contribution in [1.29, 1.82) is 0 Å². The van der Waals surface area contributed by atoms with E-state index in [4.69, 9.17) is 9.15 Å². The molecule has 0 bridgehead atoms. The number of aryl methyl sites for hydroxylation is 1. The van der Waals surface area contributed by atoms with Crippen LogP contribution in [-0.4, -0.2) is 18.6 Å². The van der Waals surface area contributed by atoms with Gasteiger partial charge in [-0.2, -0.15) is 0 Å². The number of nitrogens with zero attached hydrogens (tertiary/aromatic N) is 1. The zero-order chi connectivity index (χ0) is 13.7. The molecule has 0 aliphatic rings. The van der Waals surface area contributed by atoms with E-state index in [-0.39, 0.29) is 0 Å². The molecule has 1 aromatic heterocycles. The number of methoxy groups -OCH3 is 1. The Morgan fingerprint density at radius 2 is 2.21 bits per heavy atom. The molecule has 0 fully saturated rings. The van der Waals surface area contributed by atoms with E-state index < -0.39 is 0 Å². The molecule has 1 N–H and O–H groups in total. The van der Waals surface area contributed by atoms with Crippen molar-refractivity contribution in [2.45, 2.75) is 26.8 Å². The van der Waals surface area contributed by atoms with Crippen LogP contribution in [0.25, 0.3) is 11.3 Å². The van der Waals surface area contributed by atoms with Crippen molar-refractivity contribution >= 4 is 0 Å². The first kappa shape index (κ1) is 13.6. The van der Waals surface area contributed by atoms with Gasteiger partial charge in [-0.3, -0.25) is 0 Å². The Morgan fingerprint density at radius 3 is 2.95 bits per heavy atom. The average molecular weight is 260 g/mol. The molecular formula is C15H20N2O2. The number of benzene rings is 1. The molecular weight excluding hydrogens is 240 g/mol. The van der Waals surface area contributed by atoms with Crippen molar-refractivity contribution in [3.8, 4) is 17.1 Å². The van der Waals surface area contributed by atoms with E-state index >= 15 is 0 Å². The maximum absolute atomic E-state index is 5.55. The topological polar surface area (TPSA) is 47.3 Å². The van der Waals surface area contributed by atoms with Crippen LogP contribution in [-0.2, 0) is 6.54 Å². The molecule has 0 saturated carbocycles. The van der Waals surface area contributed by atoms with E-state index in [2.05, 4.69) is 23.3 Å². The molecule has 4 heteroatoms. The average Bonchev–Trinajstić information content (AvgIpc) is 2.87. The monoisotopic (exact) mass is 260 g/mol. The van der Waals surface area contributed by atoms with Crippen LogP contribution in [0.15, 0.2) is 29.0 Å². The molecule has 0 atom stereocenters. The molecule has 0 amide bonds. The van der Waals surface area contributed by atoms with Gasteiger partial charge in [0.05, 0.1) is 12.7 Å². The molecule has 102 valence electrons. The number of oxazole rings is 1. The van der Waals surface area contributed by atoms with Crippen molar-refractivity contribution in [3.63, 3.8) is 0 Å². The first-order chi connectivity index (χ1) is 9.26. The third-order valence-electron chi connectivity index (χ3n) is 2.96. The summed E-state index contributed by atoms with van der Waals surface area (Å²) >= 11 is 0. The second kappa shape index (κ2) is 6.38. The van der Waals surface area contributed by atoms with Crippen molar-refractivity contribution in [3.05, 3.63) is 35.9 Å². The highest BCUT2D eigenvalue weighted by molar-refractivity contribution is 5.68. The molecule has 0 saturated heterocycles. The lowest BCUT2D eigenvalue weighted by atomic mass is 10.1. The summed E-state index contributed by atoms with van der Waals surface area (Å²) < 4.78 is 10.9. The van der Waals surface area contributed by atoms with E-state index in [1.807, 2.05) is 19.1 Å². The summed E-state index contributed by atoms with van der Waals surface area (Å²) in [7, 11) is 1.67. The van der Waals surface area contributed by atoms with Crippen molar-refractivity contribution in [2.24, 2.45) is 0 Å². The number of aromatic nitrogens is 1. The predicted molar refractivity (Wildman–Crippen MR) is 75.2 cm³/mol. The number of nitrogens with one attached hydrogen (secondary N) is 1. The number of hydrogen-bond acceptors (Lipinski definition) is 4. The van der Waals surface area contributed by atoms with Gasteiger partial charge >= 0.3 is 0 Å². The Labute approximate surface area is 113 Å². The summed E-state index contributed by atoms with van der Waals surface area (Å²) in [5.74, 6) is 1.59. The first-order valence-corrected chi connectivity index (χ1v) is 6.54. The van der Waals surface area contributed by atoms with Crippen LogP contribution in [0.5, 0.6) is 5.75 Å². The molecule has 0 aliphatic heterocycles. The summed E-state index contributed by atoms with van der Waals surface area (Å²) in [5.41, 5.74) is 3.03. The third kappa shape index (κ3) is 3.15. The van der Waals surface area contributed by atoms with Crippen LogP contribution in [0, 0.1) is 6.92 Å². The smallest absolute Gasteiger partial charge is 0.181 e. The van der Waals surface area contributed by atoms with E-state index in [9.17, 15) is 0 Å². The van der Waals surface area contributed by atoms with E-state index in [1.165, 1.54) is 12.0 Å². The van der Waals surface area contributed by atoms with Gasteiger partial charge in [-0.25, -0.2) is 4.98 Å². The molecule has 2 aromatic rings. The minimum absolute atomic E-state index is 0.705. The van der Waals surface area contributed by atoms with Gasteiger partial charge in [-0.1, -0.05) is 18.6 Å². The lowest BCUT2D eigenvalue weighted by molar-refractivity contribution is 0.414. The normalized spacial score (nSPS) is 10.7. The lowest BCUT2D eigenvalue weighted by Gasteiger charge is -2.09. The molecule has 2 rings (SSSR count). The molecule has 0 radical (unpaired) electrons. The summed E-state index contributed by atoms with van der Waals surface area (Å²) in [4.78, 5) is 4.28. The van der Waals surface area contributed by atoms with Crippen molar-refractivity contribution in [2.75, 3.05) is 13.7 Å². The highest BCUT2D eigenvalue weighted by atomic mass is 16.5. The largest absolute Gasteiger partial charge is 0.496 e. The quantitative estimate of drug-likeness (QED) is 0.810. The van der Waals surface area contributed by atoms with Gasteiger partial charge in [0, 0.05) is 6.54 Å². The minimum atomic E-state index is 0.705. The highest BCUT2D eigenvalue weighted by Gasteiger charge is 2.15. The number of hydrogen-bond donors (Lipinski definition) is 1. The Hall–Kier alpha value is -1.81. The second-order valence-electron chi connectivity index (χ2n) is 4.51. The fourth-order valence-electron chi connectivity index (χ4n) is 2.00. The van der Waals surface area contributed by atoms with Crippen LogP contribution in [0.4, 0.5) is 0 Å². The van der Waals surface area contributed by atoms with Crippen LogP contribution < -0.4 is 10.1 Å². The molecule has 0 spiro atoms. The van der Waals surface area contributed by atoms with Gasteiger partial charge in [0.15, 0.2) is 12.2 Å². The highest BCUT2D eigenvalue weighted by Crippen LogP contribution is 2.32. The minimum Gasteiger partial charge on any atom is -0.496 e. The third-order valence-corrected chi connectivity index (χ3v) is 2.96. The van der Waals surface area contributed by atoms with Gasteiger partial charge in [0.1, 0.15) is 11.4 Å². The van der Waals surface area contributed by atoms with Gasteiger partial charge < -0.3 is 14.5 Å². The van der Waals surface area contributed by atoms with E-state index in [0.29, 0.717) is 6.54 Å². The molecule has 4 nitrogen and oxygen atoms in total. The standard InChI is InChI=1S/C15H20N2O2/c1-4-7-16-9-13-15(19-10-17-13)12-8-11(2)5-6-14(12)18-3/h5-6,8,10,16H,4,7,9H2,1-3H3. The van der Waals surface area contributed by atoms with Crippen molar-refractivity contribution < 1.29 is 9.15 Å². The maximum atomic E-state index is 5.55. The van der Waals surface area contributed by atoms with Gasteiger partial charge in [0.2, 0.25) is 0 Å². The Bertz CT molecular complexity index is 535. The molecule has 0 unspecified atom stereocenters. The van der Waals surface area contributed by atoms with Crippen LogP contribution >= 0.6 is 0 Å². The van der Waals surface area contributed by atoms with Gasteiger partial charge in [0.25, 0.3) is 0 Å². The second-order valence-corrected chi connectivity index (χ2v) is 4.51. The SMILES string of the molecule is CCCNCc1ncoc1-c1cc(C)ccc1OC. The van der Waals surface area contributed by atoms with Gasteiger partial charge in [-0.15, -0.1) is 0 Å². The Morgan fingerprint density at radius 1 is 1.37 bits per heavy atom. The predicted octanol–water partition coefficient (Wildman–Crippen LogP) is 3.16. The summed E-state index contributed by atoms with van der Waals surface area (Å²) in [6.07, 6.45) is 2.58. The summed E-state index contributed by atoms with van der Waals surface area (Å²) in [5, 5.41) is 3.34. The molecule has 19 heavy (non-hydrogen) atoms. The maximum Gasteiger partial charge on any atom is 0.181 e. The van der Waals surface area contributed by atoms with Gasteiger partial charge in [-0.05, 0) is 32.0 Å². The van der Waals surface area contributed by atoms with E-state index in [0.717, 1.165) is 35.7 Å².